The van der Waals surface area contributed by atoms with Crippen LogP contribution in [0.15, 0.2) is 71.6 Å². The lowest BCUT2D eigenvalue weighted by molar-refractivity contribution is -0.0103. The molecule has 3 aromatic rings. The van der Waals surface area contributed by atoms with Crippen LogP contribution in [0.25, 0.3) is 10.8 Å². The quantitative estimate of drug-likeness (QED) is 0.676. The summed E-state index contributed by atoms with van der Waals surface area (Å²) in [5.74, 6) is -1.60. The van der Waals surface area contributed by atoms with Crippen molar-refractivity contribution in [2.75, 3.05) is 0 Å². The average Bonchev–Trinajstić information content (AvgIpc) is 2.86. The van der Waals surface area contributed by atoms with Crippen LogP contribution in [0.4, 0.5) is 0 Å². The topological polar surface area (TPSA) is 80.8 Å². The number of nitrogens with zero attached hydrogens (tertiary/aromatic N) is 1. The molecule has 1 heterocycles. The van der Waals surface area contributed by atoms with Gasteiger partial charge in [-0.1, -0.05) is 48.5 Å². The Morgan fingerprint density at radius 3 is 1.96 bits per heavy atom. The molecule has 0 fully saturated rings. The minimum absolute atomic E-state index is 0.109. The lowest BCUT2D eigenvalue weighted by atomic mass is 10.1. The van der Waals surface area contributed by atoms with E-state index in [9.17, 15) is 18.0 Å². The molecule has 6 nitrogen and oxygen atoms in total. The van der Waals surface area contributed by atoms with Crippen LogP contribution in [0, 0.1) is 0 Å². The van der Waals surface area contributed by atoms with Crippen LogP contribution in [0.2, 0.25) is 0 Å². The predicted molar refractivity (Wildman–Crippen MR) is 89.2 cm³/mol. The molecule has 2 amide bonds. The summed E-state index contributed by atoms with van der Waals surface area (Å²) >= 11 is 0. The lowest BCUT2D eigenvalue weighted by Crippen LogP contribution is -2.32. The van der Waals surface area contributed by atoms with E-state index in [0.717, 1.165) is 0 Å². The molecule has 0 atom stereocenters. The first kappa shape index (κ1) is 15.5. The van der Waals surface area contributed by atoms with Gasteiger partial charge in [0.2, 0.25) is 0 Å². The summed E-state index contributed by atoms with van der Waals surface area (Å²) < 4.78 is 30.3. The molecule has 1 aliphatic heterocycles. The highest BCUT2D eigenvalue weighted by molar-refractivity contribution is 7.87. The Morgan fingerprint density at radius 1 is 0.720 bits per heavy atom. The SMILES string of the molecule is O=C1c2ccccc2C(=O)N1OS(=O)(=O)c1cccc2ccccc12. The summed E-state index contributed by atoms with van der Waals surface area (Å²) in [5.41, 5.74) is 0.223. The third-order valence-electron chi connectivity index (χ3n) is 3.95. The maximum atomic E-state index is 12.7. The van der Waals surface area contributed by atoms with Crippen molar-refractivity contribution in [2.45, 2.75) is 4.90 Å². The molecule has 0 saturated heterocycles. The summed E-state index contributed by atoms with van der Waals surface area (Å²) in [6, 6.07) is 17.6. The van der Waals surface area contributed by atoms with E-state index in [2.05, 4.69) is 0 Å². The number of carbonyl (C=O) groups is 2. The van der Waals surface area contributed by atoms with Crippen molar-refractivity contribution >= 4 is 32.7 Å². The minimum atomic E-state index is -4.37. The van der Waals surface area contributed by atoms with Gasteiger partial charge < -0.3 is 0 Å². The van der Waals surface area contributed by atoms with Crippen LogP contribution in [-0.4, -0.2) is 25.3 Å². The lowest BCUT2D eigenvalue weighted by Gasteiger charge is -2.14. The molecule has 0 bridgehead atoms. The second kappa shape index (κ2) is 5.51. The third-order valence-corrected chi connectivity index (χ3v) is 5.19. The second-order valence-electron chi connectivity index (χ2n) is 5.46. The van der Waals surface area contributed by atoms with Crippen LogP contribution < -0.4 is 0 Å². The Balaban J connectivity index is 1.76. The second-order valence-corrected chi connectivity index (χ2v) is 6.95. The van der Waals surface area contributed by atoms with Gasteiger partial charge in [-0.15, -0.1) is 9.35 Å². The average molecular weight is 353 g/mol. The molecule has 0 aliphatic carbocycles. The smallest absolute Gasteiger partial charge is 0.266 e. The van der Waals surface area contributed by atoms with Crippen molar-refractivity contribution in [3.05, 3.63) is 77.9 Å². The number of benzene rings is 3. The fraction of sp³-hybridized carbons (Fsp3) is 0. The van der Waals surface area contributed by atoms with Crippen molar-refractivity contribution in [2.24, 2.45) is 0 Å². The third kappa shape index (κ3) is 2.41. The Labute approximate surface area is 143 Å². The molecular weight excluding hydrogens is 342 g/mol. The summed E-state index contributed by atoms with van der Waals surface area (Å²) in [4.78, 5) is 24.5. The summed E-state index contributed by atoms with van der Waals surface area (Å²) in [6.07, 6.45) is 0. The number of hydrogen-bond acceptors (Lipinski definition) is 5. The maximum absolute atomic E-state index is 12.7. The van der Waals surface area contributed by atoms with Gasteiger partial charge in [0.05, 0.1) is 11.1 Å². The number of hydrogen-bond donors (Lipinski definition) is 0. The van der Waals surface area contributed by atoms with E-state index in [-0.39, 0.29) is 16.0 Å². The zero-order valence-corrected chi connectivity index (χ0v) is 13.6. The molecule has 124 valence electrons. The Morgan fingerprint density at radius 2 is 1.28 bits per heavy atom. The van der Waals surface area contributed by atoms with Gasteiger partial charge in [0.25, 0.3) is 11.8 Å². The Hall–Kier alpha value is -3.03. The van der Waals surface area contributed by atoms with Gasteiger partial charge in [0.15, 0.2) is 0 Å². The molecule has 0 unspecified atom stereocenters. The predicted octanol–water partition coefficient (Wildman–Crippen LogP) is 2.76. The van der Waals surface area contributed by atoms with Crippen molar-refractivity contribution < 1.29 is 22.3 Å². The number of fused-ring (bicyclic) bond motifs is 2. The van der Waals surface area contributed by atoms with E-state index in [1.807, 2.05) is 0 Å². The molecule has 0 N–H and O–H groups in total. The normalized spacial score (nSPS) is 14.2. The van der Waals surface area contributed by atoms with Crippen molar-refractivity contribution in [1.82, 2.24) is 5.06 Å². The van der Waals surface area contributed by atoms with E-state index in [0.29, 0.717) is 15.8 Å². The van der Waals surface area contributed by atoms with Crippen LogP contribution in [0.3, 0.4) is 0 Å². The number of carbonyl (C=O) groups excluding carboxylic acids is 2. The van der Waals surface area contributed by atoms with E-state index in [4.69, 9.17) is 4.28 Å². The number of imide groups is 1. The van der Waals surface area contributed by atoms with Crippen LogP contribution in [0.1, 0.15) is 20.7 Å². The zero-order valence-electron chi connectivity index (χ0n) is 12.7. The van der Waals surface area contributed by atoms with Gasteiger partial charge >= 0.3 is 10.1 Å². The van der Waals surface area contributed by atoms with Crippen LogP contribution >= 0.6 is 0 Å². The molecule has 0 spiro atoms. The van der Waals surface area contributed by atoms with Crippen LogP contribution in [-0.2, 0) is 14.4 Å². The van der Waals surface area contributed by atoms with Gasteiger partial charge in [0, 0.05) is 5.39 Å². The van der Waals surface area contributed by atoms with E-state index >= 15 is 0 Å². The molecule has 25 heavy (non-hydrogen) atoms. The molecule has 4 rings (SSSR count). The van der Waals surface area contributed by atoms with E-state index < -0.39 is 21.9 Å². The first-order valence-corrected chi connectivity index (χ1v) is 8.80. The Bertz CT molecular complexity index is 1100. The Kier molecular flexibility index (Phi) is 3.41. The fourth-order valence-electron chi connectivity index (χ4n) is 2.79. The molecule has 0 saturated carbocycles. The zero-order chi connectivity index (χ0) is 17.6. The molecular formula is C18H11NO5S. The monoisotopic (exact) mass is 353 g/mol. The standard InChI is InChI=1S/C18H11NO5S/c20-17-14-9-3-4-10-15(14)18(21)19(17)24-25(22,23)16-11-5-7-12-6-1-2-8-13(12)16/h1-11H. The van der Waals surface area contributed by atoms with Gasteiger partial charge in [-0.25, -0.2) is 0 Å². The molecule has 0 aromatic heterocycles. The van der Waals surface area contributed by atoms with Crippen molar-refractivity contribution in [1.29, 1.82) is 0 Å². The first-order chi connectivity index (χ1) is 12.0. The highest BCUT2D eigenvalue weighted by Gasteiger charge is 2.40. The molecule has 0 radical (unpaired) electrons. The number of rotatable bonds is 3. The van der Waals surface area contributed by atoms with Crippen molar-refractivity contribution in [3.63, 3.8) is 0 Å². The van der Waals surface area contributed by atoms with Gasteiger partial charge in [-0.05, 0) is 23.6 Å². The largest absolute Gasteiger partial charge is 0.318 e. The summed E-state index contributed by atoms with van der Waals surface area (Å²) in [5, 5.41) is 1.44. The fourth-order valence-corrected chi connectivity index (χ4v) is 3.90. The highest BCUT2D eigenvalue weighted by atomic mass is 32.2. The maximum Gasteiger partial charge on any atom is 0.318 e. The minimum Gasteiger partial charge on any atom is -0.266 e. The van der Waals surface area contributed by atoms with Gasteiger partial charge in [-0.2, -0.15) is 8.42 Å². The summed E-state index contributed by atoms with van der Waals surface area (Å²) in [7, 11) is -4.37. The highest BCUT2D eigenvalue weighted by Crippen LogP contribution is 2.28. The van der Waals surface area contributed by atoms with Gasteiger partial charge in [0.1, 0.15) is 4.90 Å². The van der Waals surface area contributed by atoms with Crippen LogP contribution in [0.5, 0.6) is 0 Å². The molecule has 7 heteroatoms. The first-order valence-electron chi connectivity index (χ1n) is 7.39. The summed E-state index contributed by atoms with van der Waals surface area (Å²) in [6.45, 7) is 0. The molecule has 1 aliphatic rings. The number of amides is 2. The number of hydroxylamine groups is 2. The van der Waals surface area contributed by atoms with E-state index in [1.165, 1.54) is 18.2 Å². The molecule has 3 aromatic carbocycles. The van der Waals surface area contributed by atoms with Gasteiger partial charge in [-0.3, -0.25) is 9.59 Å². The van der Waals surface area contributed by atoms with Crippen molar-refractivity contribution in [3.8, 4) is 0 Å². The van der Waals surface area contributed by atoms with E-state index in [1.54, 1.807) is 48.5 Å².